The molecule has 0 spiro atoms. The maximum atomic E-state index is 11.9. The molecule has 0 radical (unpaired) electrons. The number of carbonyl (C=O) groups is 2. The van der Waals surface area contributed by atoms with E-state index in [0.717, 1.165) is 6.42 Å². The molecule has 1 aromatic rings. The van der Waals surface area contributed by atoms with Crippen molar-refractivity contribution in [2.75, 3.05) is 0 Å². The number of rotatable bonds is 8. The van der Waals surface area contributed by atoms with Gasteiger partial charge in [-0.2, -0.15) is 0 Å². The molecular weight excluding hydrogens is 280 g/mol. The van der Waals surface area contributed by atoms with E-state index >= 15 is 0 Å². The van der Waals surface area contributed by atoms with Crippen LogP contribution in [0.4, 0.5) is 0 Å². The Balaban J connectivity index is 2.68. The summed E-state index contributed by atoms with van der Waals surface area (Å²) in [4.78, 5) is 23.7. The van der Waals surface area contributed by atoms with Gasteiger partial charge in [-0.3, -0.25) is 9.59 Å². The summed E-state index contributed by atoms with van der Waals surface area (Å²) in [6.45, 7) is 5.51. The van der Waals surface area contributed by atoms with E-state index in [1.54, 1.807) is 26.0 Å². The molecule has 1 aromatic carbocycles. The second-order valence-electron chi connectivity index (χ2n) is 5.24. The van der Waals surface area contributed by atoms with Gasteiger partial charge in [0.1, 0.15) is 0 Å². The first kappa shape index (κ1) is 18.0. The smallest absolute Gasteiger partial charge is 0.311 e. The first-order valence-corrected chi connectivity index (χ1v) is 7.64. The van der Waals surface area contributed by atoms with E-state index in [1.807, 2.05) is 37.3 Å². The molecule has 4 heteroatoms. The van der Waals surface area contributed by atoms with Crippen LogP contribution in [0, 0.1) is 5.92 Å². The lowest BCUT2D eigenvalue weighted by atomic mass is 10.2. The van der Waals surface area contributed by atoms with Crippen LogP contribution in [0.25, 0.3) is 0 Å². The first-order chi connectivity index (χ1) is 10.5. The molecular formula is C18H24O4. The van der Waals surface area contributed by atoms with E-state index in [2.05, 4.69) is 0 Å². The van der Waals surface area contributed by atoms with Crippen molar-refractivity contribution in [1.29, 1.82) is 0 Å². The summed E-state index contributed by atoms with van der Waals surface area (Å²) in [5.41, 5.74) is 0.647. The number of allylic oxidation sites excluding steroid dienone is 2. The maximum absolute atomic E-state index is 11.9. The van der Waals surface area contributed by atoms with Gasteiger partial charge in [0.05, 0.1) is 5.92 Å². The quantitative estimate of drug-likeness (QED) is 0.411. The Labute approximate surface area is 132 Å². The second kappa shape index (κ2) is 9.77. The number of hydrogen-bond donors (Lipinski definition) is 0. The van der Waals surface area contributed by atoms with Crippen molar-refractivity contribution in [1.82, 2.24) is 0 Å². The normalized spacial score (nSPS) is 12.4. The van der Waals surface area contributed by atoms with Gasteiger partial charge in [0, 0.05) is 12.0 Å². The molecule has 1 atom stereocenters. The highest BCUT2D eigenvalue weighted by molar-refractivity contribution is 5.73. The highest BCUT2D eigenvalue weighted by atomic mass is 16.7. The summed E-state index contributed by atoms with van der Waals surface area (Å²) in [5.74, 6) is -1.06. The molecule has 0 aliphatic heterocycles. The van der Waals surface area contributed by atoms with Crippen molar-refractivity contribution in [2.45, 2.75) is 46.3 Å². The Morgan fingerprint density at radius 1 is 1.09 bits per heavy atom. The topological polar surface area (TPSA) is 52.6 Å². The third-order valence-electron chi connectivity index (χ3n) is 2.92. The van der Waals surface area contributed by atoms with E-state index in [1.165, 1.54) is 0 Å². The summed E-state index contributed by atoms with van der Waals surface area (Å²) >= 11 is 0. The Hall–Kier alpha value is -2.10. The molecule has 120 valence electrons. The molecule has 0 saturated heterocycles. The average molecular weight is 304 g/mol. The maximum Gasteiger partial charge on any atom is 0.311 e. The van der Waals surface area contributed by atoms with Crippen molar-refractivity contribution in [3.63, 3.8) is 0 Å². The minimum absolute atomic E-state index is 0.263. The zero-order chi connectivity index (χ0) is 16.4. The number of carbonyl (C=O) groups excluding carboxylic acids is 2. The zero-order valence-electron chi connectivity index (χ0n) is 13.5. The van der Waals surface area contributed by atoms with Gasteiger partial charge in [-0.05, 0) is 12.8 Å². The summed E-state index contributed by atoms with van der Waals surface area (Å²) in [6.07, 6.45) is 4.78. The van der Waals surface area contributed by atoms with Crippen LogP contribution in [0.1, 0.15) is 51.9 Å². The minimum atomic E-state index is -0.987. The van der Waals surface area contributed by atoms with Crippen LogP contribution in [-0.4, -0.2) is 11.9 Å². The molecule has 0 aliphatic carbocycles. The van der Waals surface area contributed by atoms with Crippen molar-refractivity contribution in [2.24, 2.45) is 5.92 Å². The van der Waals surface area contributed by atoms with Crippen LogP contribution >= 0.6 is 0 Å². The van der Waals surface area contributed by atoms with Gasteiger partial charge in [-0.25, -0.2) is 0 Å². The highest BCUT2D eigenvalue weighted by Gasteiger charge is 2.22. The monoisotopic (exact) mass is 304 g/mol. The fourth-order valence-corrected chi connectivity index (χ4v) is 1.68. The second-order valence-corrected chi connectivity index (χ2v) is 5.24. The molecule has 0 amide bonds. The lowest BCUT2D eigenvalue weighted by Crippen LogP contribution is -2.20. The largest absolute Gasteiger partial charge is 0.421 e. The van der Waals surface area contributed by atoms with Crippen LogP contribution in [0.3, 0.4) is 0 Å². The Bertz CT molecular complexity index is 491. The number of benzene rings is 1. The Morgan fingerprint density at radius 2 is 1.77 bits per heavy atom. The van der Waals surface area contributed by atoms with Crippen LogP contribution in [0.15, 0.2) is 42.5 Å². The minimum Gasteiger partial charge on any atom is -0.421 e. The number of ether oxygens (including phenoxy) is 2. The summed E-state index contributed by atoms with van der Waals surface area (Å²) in [5, 5.41) is 0. The van der Waals surface area contributed by atoms with Gasteiger partial charge in [-0.15, -0.1) is 0 Å². The lowest BCUT2D eigenvalue weighted by Gasteiger charge is -2.19. The van der Waals surface area contributed by atoms with E-state index in [-0.39, 0.29) is 18.3 Å². The fourth-order valence-electron chi connectivity index (χ4n) is 1.68. The van der Waals surface area contributed by atoms with E-state index in [4.69, 9.17) is 9.47 Å². The van der Waals surface area contributed by atoms with Gasteiger partial charge in [-0.1, -0.05) is 63.3 Å². The predicted octanol–water partition coefficient (Wildman–Crippen LogP) is 4.17. The third-order valence-corrected chi connectivity index (χ3v) is 2.92. The summed E-state index contributed by atoms with van der Waals surface area (Å²) in [6, 6.07) is 9.00. The van der Waals surface area contributed by atoms with Crippen molar-refractivity contribution >= 4 is 11.9 Å². The summed E-state index contributed by atoms with van der Waals surface area (Å²) in [7, 11) is 0. The molecule has 22 heavy (non-hydrogen) atoms. The van der Waals surface area contributed by atoms with Gasteiger partial charge in [0.25, 0.3) is 6.29 Å². The van der Waals surface area contributed by atoms with Crippen molar-refractivity contribution in [3.8, 4) is 0 Å². The van der Waals surface area contributed by atoms with Crippen molar-refractivity contribution in [3.05, 3.63) is 48.0 Å². The number of hydrogen-bond acceptors (Lipinski definition) is 4. The molecule has 0 fully saturated rings. The van der Waals surface area contributed by atoms with Gasteiger partial charge < -0.3 is 9.47 Å². The van der Waals surface area contributed by atoms with Crippen molar-refractivity contribution < 1.29 is 19.1 Å². The zero-order valence-corrected chi connectivity index (χ0v) is 13.5. The third kappa shape index (κ3) is 6.57. The molecule has 0 heterocycles. The molecule has 0 aromatic heterocycles. The fraction of sp³-hybridized carbons (Fsp3) is 0.444. The molecule has 0 saturated carbocycles. The highest BCUT2D eigenvalue weighted by Crippen LogP contribution is 2.21. The van der Waals surface area contributed by atoms with Gasteiger partial charge >= 0.3 is 11.9 Å². The molecule has 4 nitrogen and oxygen atoms in total. The summed E-state index contributed by atoms with van der Waals surface area (Å²) < 4.78 is 10.6. The average Bonchev–Trinajstić information content (AvgIpc) is 2.51. The number of esters is 2. The van der Waals surface area contributed by atoms with Gasteiger partial charge in [0.15, 0.2) is 0 Å². The van der Waals surface area contributed by atoms with E-state index < -0.39 is 12.3 Å². The Kier molecular flexibility index (Phi) is 7.97. The predicted molar refractivity (Wildman–Crippen MR) is 84.9 cm³/mol. The SMILES string of the molecule is CCC=CCCC(=O)OC(OC(=O)C(C)C)c1ccccc1. The molecule has 1 rings (SSSR count). The van der Waals surface area contributed by atoms with Gasteiger partial charge in [0.2, 0.25) is 0 Å². The van der Waals surface area contributed by atoms with Crippen LogP contribution in [0.5, 0.6) is 0 Å². The van der Waals surface area contributed by atoms with Crippen LogP contribution < -0.4 is 0 Å². The molecule has 0 bridgehead atoms. The van der Waals surface area contributed by atoms with Crippen LogP contribution in [0.2, 0.25) is 0 Å². The van der Waals surface area contributed by atoms with E-state index in [0.29, 0.717) is 12.0 Å². The Morgan fingerprint density at radius 3 is 2.36 bits per heavy atom. The first-order valence-electron chi connectivity index (χ1n) is 7.64. The standard InChI is InChI=1S/C18H24O4/c1-4-5-6-10-13-16(19)21-18(22-17(20)14(2)3)15-11-8-7-9-12-15/h5-9,11-12,14,18H,4,10,13H2,1-3H3. The molecule has 0 N–H and O–H groups in total. The lowest BCUT2D eigenvalue weighted by molar-refractivity contribution is -0.192. The van der Waals surface area contributed by atoms with E-state index in [9.17, 15) is 9.59 Å². The molecule has 0 aliphatic rings. The van der Waals surface area contributed by atoms with Crippen LogP contribution in [-0.2, 0) is 19.1 Å². The molecule has 1 unspecified atom stereocenters.